The molecule has 2 atom stereocenters. The first-order valence-electron chi connectivity index (χ1n) is 6.78. The van der Waals surface area contributed by atoms with Crippen LogP contribution < -0.4 is 10.1 Å². The lowest BCUT2D eigenvalue weighted by Gasteiger charge is -2.28. The molecular weight excluding hydrogens is 240 g/mol. The number of hydrogen-bond donors (Lipinski definition) is 1. The highest BCUT2D eigenvalue weighted by molar-refractivity contribution is 5.82. The van der Waals surface area contributed by atoms with Crippen molar-refractivity contribution in [3.63, 3.8) is 0 Å². The summed E-state index contributed by atoms with van der Waals surface area (Å²) in [6, 6.07) is 7.83. The van der Waals surface area contributed by atoms with Gasteiger partial charge in [0.05, 0.1) is 19.2 Å². The molecule has 1 aromatic rings. The third-order valence-corrected chi connectivity index (χ3v) is 3.88. The highest BCUT2D eigenvalue weighted by Crippen LogP contribution is 2.28. The number of para-hydroxylation sites is 1. The lowest BCUT2D eigenvalue weighted by molar-refractivity contribution is -0.133. The summed E-state index contributed by atoms with van der Waals surface area (Å²) in [7, 11) is 3.52. The van der Waals surface area contributed by atoms with Crippen LogP contribution in [0, 0.1) is 0 Å². The number of amides is 1. The van der Waals surface area contributed by atoms with Crippen LogP contribution in [-0.4, -0.2) is 37.6 Å². The third kappa shape index (κ3) is 2.89. The second-order valence-corrected chi connectivity index (χ2v) is 5.02. The number of likely N-dealkylation sites (N-methyl/N-ethyl adjacent to an activating group) is 1. The smallest absolute Gasteiger partial charge is 0.239 e. The average Bonchev–Trinajstić information content (AvgIpc) is 2.99. The van der Waals surface area contributed by atoms with Gasteiger partial charge < -0.3 is 15.0 Å². The maximum Gasteiger partial charge on any atom is 0.239 e. The van der Waals surface area contributed by atoms with Gasteiger partial charge in [-0.2, -0.15) is 0 Å². The van der Waals surface area contributed by atoms with Crippen molar-refractivity contribution in [2.24, 2.45) is 0 Å². The van der Waals surface area contributed by atoms with E-state index in [0.29, 0.717) is 0 Å². The number of methoxy groups -OCH3 is 1. The second-order valence-electron chi connectivity index (χ2n) is 5.02. The Labute approximate surface area is 114 Å². The lowest BCUT2D eigenvalue weighted by atomic mass is 10.0. The Balaban J connectivity index is 2.13. The molecule has 1 N–H and O–H groups in total. The van der Waals surface area contributed by atoms with Crippen molar-refractivity contribution in [3.05, 3.63) is 29.8 Å². The molecule has 104 valence electrons. The Morgan fingerprint density at radius 2 is 2.21 bits per heavy atom. The summed E-state index contributed by atoms with van der Waals surface area (Å²) in [5, 5.41) is 3.25. The first kappa shape index (κ1) is 13.9. The van der Waals surface area contributed by atoms with Gasteiger partial charge >= 0.3 is 0 Å². The standard InChI is InChI=1S/C15H22N2O2/c1-11(12-7-4-5-9-14(12)19-3)17(2)15(18)13-8-6-10-16-13/h4-5,7,9,11,13,16H,6,8,10H2,1-3H3/t11?,13-/m0/s1. The van der Waals surface area contributed by atoms with E-state index >= 15 is 0 Å². The van der Waals surface area contributed by atoms with Crippen molar-refractivity contribution in [1.82, 2.24) is 10.2 Å². The number of nitrogens with zero attached hydrogens (tertiary/aromatic N) is 1. The molecule has 4 nitrogen and oxygen atoms in total. The third-order valence-electron chi connectivity index (χ3n) is 3.88. The summed E-state index contributed by atoms with van der Waals surface area (Å²) in [5.74, 6) is 0.991. The molecule has 1 heterocycles. The Hall–Kier alpha value is -1.55. The van der Waals surface area contributed by atoms with E-state index in [1.54, 1.807) is 12.0 Å². The van der Waals surface area contributed by atoms with Crippen molar-refractivity contribution in [3.8, 4) is 5.75 Å². The van der Waals surface area contributed by atoms with Gasteiger partial charge in [0, 0.05) is 12.6 Å². The molecule has 0 aromatic heterocycles. The first-order valence-corrected chi connectivity index (χ1v) is 6.78. The molecule has 4 heteroatoms. The number of ether oxygens (including phenoxy) is 1. The molecule has 0 radical (unpaired) electrons. The minimum Gasteiger partial charge on any atom is -0.496 e. The van der Waals surface area contributed by atoms with Gasteiger partial charge in [-0.05, 0) is 32.4 Å². The number of rotatable bonds is 4. The summed E-state index contributed by atoms with van der Waals surface area (Å²) in [6.07, 6.45) is 2.01. The molecule has 1 aromatic carbocycles. The minimum atomic E-state index is -0.0258. The maximum atomic E-state index is 12.4. The van der Waals surface area contributed by atoms with Gasteiger partial charge in [0.1, 0.15) is 5.75 Å². The fourth-order valence-corrected chi connectivity index (χ4v) is 2.55. The predicted octanol–water partition coefficient (Wildman–Crippen LogP) is 1.97. The largest absolute Gasteiger partial charge is 0.496 e. The van der Waals surface area contributed by atoms with Gasteiger partial charge in [0.2, 0.25) is 5.91 Å². The van der Waals surface area contributed by atoms with E-state index in [2.05, 4.69) is 5.32 Å². The number of nitrogens with one attached hydrogen (secondary N) is 1. The number of carbonyl (C=O) groups excluding carboxylic acids is 1. The fourth-order valence-electron chi connectivity index (χ4n) is 2.55. The van der Waals surface area contributed by atoms with E-state index in [4.69, 9.17) is 4.74 Å². The number of benzene rings is 1. The SMILES string of the molecule is COc1ccccc1C(C)N(C)C(=O)[C@@H]1CCCN1. The Bertz CT molecular complexity index is 442. The molecule has 0 bridgehead atoms. The topological polar surface area (TPSA) is 41.6 Å². The van der Waals surface area contributed by atoms with Crippen molar-refractivity contribution < 1.29 is 9.53 Å². The van der Waals surface area contributed by atoms with Crippen LogP contribution >= 0.6 is 0 Å². The van der Waals surface area contributed by atoms with Gasteiger partial charge in [-0.25, -0.2) is 0 Å². The molecule has 1 aliphatic heterocycles. The van der Waals surface area contributed by atoms with Crippen molar-refractivity contribution in [2.45, 2.75) is 31.8 Å². The molecule has 2 rings (SSSR count). The molecule has 0 aliphatic carbocycles. The molecule has 1 aliphatic rings. The maximum absolute atomic E-state index is 12.4. The van der Waals surface area contributed by atoms with Crippen LogP contribution in [0.5, 0.6) is 5.75 Å². The van der Waals surface area contributed by atoms with E-state index in [-0.39, 0.29) is 18.0 Å². The monoisotopic (exact) mass is 262 g/mol. The normalized spacial score (nSPS) is 20.1. The Morgan fingerprint density at radius 1 is 1.47 bits per heavy atom. The summed E-state index contributed by atoms with van der Waals surface area (Å²) >= 11 is 0. The summed E-state index contributed by atoms with van der Waals surface area (Å²) in [6.45, 7) is 2.97. The van der Waals surface area contributed by atoms with Crippen molar-refractivity contribution in [2.75, 3.05) is 20.7 Å². The van der Waals surface area contributed by atoms with Gasteiger partial charge in [0.15, 0.2) is 0 Å². The van der Waals surface area contributed by atoms with E-state index in [1.165, 1.54) is 0 Å². The molecule has 0 spiro atoms. The zero-order valence-electron chi connectivity index (χ0n) is 11.8. The van der Waals surface area contributed by atoms with Crippen LogP contribution in [0.1, 0.15) is 31.4 Å². The summed E-state index contributed by atoms with van der Waals surface area (Å²) in [5.41, 5.74) is 1.04. The molecular formula is C15H22N2O2. The van der Waals surface area contributed by atoms with Crippen LogP contribution in [0.3, 0.4) is 0 Å². The highest BCUT2D eigenvalue weighted by atomic mass is 16.5. The Morgan fingerprint density at radius 3 is 2.84 bits per heavy atom. The van der Waals surface area contributed by atoms with Gasteiger partial charge in [0.25, 0.3) is 0 Å². The minimum absolute atomic E-state index is 0.00560. The lowest BCUT2D eigenvalue weighted by Crippen LogP contribution is -2.42. The summed E-state index contributed by atoms with van der Waals surface area (Å²) < 4.78 is 5.37. The van der Waals surface area contributed by atoms with E-state index in [0.717, 1.165) is 30.7 Å². The van der Waals surface area contributed by atoms with Crippen molar-refractivity contribution in [1.29, 1.82) is 0 Å². The molecule has 19 heavy (non-hydrogen) atoms. The molecule has 0 saturated carbocycles. The predicted molar refractivity (Wildman–Crippen MR) is 75.2 cm³/mol. The molecule has 1 amide bonds. The van der Waals surface area contributed by atoms with Gasteiger partial charge in [-0.15, -0.1) is 0 Å². The van der Waals surface area contributed by atoms with Crippen molar-refractivity contribution >= 4 is 5.91 Å². The van der Waals surface area contributed by atoms with Gasteiger partial charge in [-0.3, -0.25) is 4.79 Å². The van der Waals surface area contributed by atoms with Crippen LogP contribution in [-0.2, 0) is 4.79 Å². The average molecular weight is 262 g/mol. The van der Waals surface area contributed by atoms with E-state index in [1.807, 2.05) is 38.2 Å². The highest BCUT2D eigenvalue weighted by Gasteiger charge is 2.28. The first-order chi connectivity index (χ1) is 9.15. The van der Waals surface area contributed by atoms with Gasteiger partial charge in [-0.1, -0.05) is 18.2 Å². The number of hydrogen-bond acceptors (Lipinski definition) is 3. The van der Waals surface area contributed by atoms with E-state index in [9.17, 15) is 4.79 Å². The number of carbonyl (C=O) groups is 1. The Kier molecular flexibility index (Phi) is 4.43. The quantitative estimate of drug-likeness (QED) is 0.902. The van der Waals surface area contributed by atoms with Crippen LogP contribution in [0.15, 0.2) is 24.3 Å². The zero-order valence-corrected chi connectivity index (χ0v) is 11.8. The van der Waals surface area contributed by atoms with Crippen LogP contribution in [0.4, 0.5) is 0 Å². The molecule has 1 unspecified atom stereocenters. The molecule has 1 saturated heterocycles. The zero-order chi connectivity index (χ0) is 13.8. The second kappa shape index (κ2) is 6.06. The summed E-state index contributed by atoms with van der Waals surface area (Å²) in [4.78, 5) is 14.2. The van der Waals surface area contributed by atoms with Crippen LogP contribution in [0.25, 0.3) is 0 Å². The van der Waals surface area contributed by atoms with Crippen LogP contribution in [0.2, 0.25) is 0 Å². The molecule has 1 fully saturated rings. The fraction of sp³-hybridized carbons (Fsp3) is 0.533. The van der Waals surface area contributed by atoms with E-state index < -0.39 is 0 Å².